The SMILES string of the molecule is COC(=O)c1cc(Cl)c2c(c1)[C@H](N)CCO2. The Balaban J connectivity index is 2.50. The number of fused-ring (bicyclic) bond motifs is 1. The van der Waals surface area contributed by atoms with Gasteiger partial charge in [-0.2, -0.15) is 0 Å². The maximum absolute atomic E-state index is 11.4. The molecule has 1 heterocycles. The van der Waals surface area contributed by atoms with Crippen LogP contribution in [0.1, 0.15) is 28.4 Å². The van der Waals surface area contributed by atoms with Gasteiger partial charge in [0, 0.05) is 18.0 Å². The molecule has 1 aliphatic rings. The van der Waals surface area contributed by atoms with Gasteiger partial charge in [-0.3, -0.25) is 0 Å². The van der Waals surface area contributed by atoms with E-state index < -0.39 is 5.97 Å². The van der Waals surface area contributed by atoms with E-state index in [9.17, 15) is 4.79 Å². The zero-order valence-electron chi connectivity index (χ0n) is 8.83. The van der Waals surface area contributed by atoms with Crippen LogP contribution in [0, 0.1) is 0 Å². The Morgan fingerprint density at radius 3 is 3.06 bits per heavy atom. The largest absolute Gasteiger partial charge is 0.492 e. The molecule has 2 rings (SSSR count). The number of hydrogen-bond acceptors (Lipinski definition) is 4. The molecule has 0 amide bonds. The van der Waals surface area contributed by atoms with Crippen LogP contribution in [0.4, 0.5) is 0 Å². The second-order valence-electron chi connectivity index (χ2n) is 3.61. The molecule has 0 aromatic heterocycles. The van der Waals surface area contributed by atoms with Crippen molar-refractivity contribution in [3.63, 3.8) is 0 Å². The van der Waals surface area contributed by atoms with Gasteiger partial charge in [-0.1, -0.05) is 11.6 Å². The molecule has 4 nitrogen and oxygen atoms in total. The number of benzene rings is 1. The summed E-state index contributed by atoms with van der Waals surface area (Å²) in [6, 6.07) is 3.06. The van der Waals surface area contributed by atoms with E-state index in [0.29, 0.717) is 29.4 Å². The van der Waals surface area contributed by atoms with Crippen LogP contribution in [-0.2, 0) is 4.74 Å². The number of hydrogen-bond donors (Lipinski definition) is 1. The summed E-state index contributed by atoms with van der Waals surface area (Å²) >= 11 is 6.03. The van der Waals surface area contributed by atoms with Crippen LogP contribution < -0.4 is 10.5 Å². The van der Waals surface area contributed by atoms with Gasteiger partial charge >= 0.3 is 5.97 Å². The molecule has 0 unspecified atom stereocenters. The highest BCUT2D eigenvalue weighted by molar-refractivity contribution is 6.32. The Labute approximate surface area is 98.3 Å². The minimum absolute atomic E-state index is 0.147. The molecule has 0 bridgehead atoms. The predicted octanol–water partition coefficient (Wildman–Crippen LogP) is 1.91. The van der Waals surface area contributed by atoms with Crippen molar-refractivity contribution in [2.75, 3.05) is 13.7 Å². The lowest BCUT2D eigenvalue weighted by molar-refractivity contribution is 0.0600. The van der Waals surface area contributed by atoms with Gasteiger partial charge in [-0.15, -0.1) is 0 Å². The summed E-state index contributed by atoms with van der Waals surface area (Å²) < 4.78 is 10.1. The van der Waals surface area contributed by atoms with Crippen LogP contribution >= 0.6 is 11.6 Å². The third-order valence-corrected chi connectivity index (χ3v) is 2.85. The first kappa shape index (κ1) is 11.2. The average molecular weight is 242 g/mol. The Kier molecular flexibility index (Phi) is 3.03. The number of rotatable bonds is 1. The number of carbonyl (C=O) groups is 1. The zero-order valence-corrected chi connectivity index (χ0v) is 9.58. The number of methoxy groups -OCH3 is 1. The van der Waals surface area contributed by atoms with Crippen molar-refractivity contribution < 1.29 is 14.3 Å². The highest BCUT2D eigenvalue weighted by atomic mass is 35.5. The van der Waals surface area contributed by atoms with Crippen molar-refractivity contribution in [1.82, 2.24) is 0 Å². The minimum atomic E-state index is -0.428. The molecule has 1 aliphatic heterocycles. The summed E-state index contributed by atoms with van der Waals surface area (Å²) in [7, 11) is 1.33. The van der Waals surface area contributed by atoms with E-state index in [0.717, 1.165) is 5.56 Å². The quantitative estimate of drug-likeness (QED) is 0.763. The molecule has 1 atom stereocenters. The predicted molar refractivity (Wildman–Crippen MR) is 59.8 cm³/mol. The molecule has 86 valence electrons. The fourth-order valence-electron chi connectivity index (χ4n) is 1.72. The monoisotopic (exact) mass is 241 g/mol. The molecule has 0 saturated carbocycles. The summed E-state index contributed by atoms with van der Waals surface area (Å²) in [6.45, 7) is 0.547. The second kappa shape index (κ2) is 4.31. The number of halogens is 1. The van der Waals surface area contributed by atoms with Crippen LogP contribution in [0.25, 0.3) is 0 Å². The van der Waals surface area contributed by atoms with Gasteiger partial charge in [-0.05, 0) is 12.1 Å². The van der Waals surface area contributed by atoms with Crippen LogP contribution in [0.5, 0.6) is 5.75 Å². The molecule has 0 saturated heterocycles. The van der Waals surface area contributed by atoms with E-state index in [1.165, 1.54) is 13.2 Å². The van der Waals surface area contributed by atoms with E-state index in [-0.39, 0.29) is 6.04 Å². The lowest BCUT2D eigenvalue weighted by Crippen LogP contribution is -2.21. The molecule has 1 aromatic carbocycles. The Bertz CT molecular complexity index is 433. The molecular weight excluding hydrogens is 230 g/mol. The van der Waals surface area contributed by atoms with Crippen LogP contribution in [0.2, 0.25) is 5.02 Å². The van der Waals surface area contributed by atoms with Crippen molar-refractivity contribution in [3.8, 4) is 5.75 Å². The average Bonchev–Trinajstić information content (AvgIpc) is 2.29. The summed E-state index contributed by atoms with van der Waals surface area (Å²) in [6.07, 6.45) is 0.716. The van der Waals surface area contributed by atoms with Gasteiger partial charge in [0.1, 0.15) is 5.75 Å². The van der Waals surface area contributed by atoms with Crippen LogP contribution in [-0.4, -0.2) is 19.7 Å². The number of carbonyl (C=O) groups excluding carboxylic acids is 1. The molecule has 0 fully saturated rings. The smallest absolute Gasteiger partial charge is 0.337 e. The molecule has 16 heavy (non-hydrogen) atoms. The molecule has 5 heteroatoms. The fraction of sp³-hybridized carbons (Fsp3) is 0.364. The first-order valence-corrected chi connectivity index (χ1v) is 5.31. The Morgan fingerprint density at radius 2 is 2.38 bits per heavy atom. The number of nitrogens with two attached hydrogens (primary N) is 1. The van der Waals surface area contributed by atoms with E-state index in [2.05, 4.69) is 4.74 Å². The number of esters is 1. The third-order valence-electron chi connectivity index (χ3n) is 2.57. The lowest BCUT2D eigenvalue weighted by Gasteiger charge is -2.24. The molecule has 0 spiro atoms. The maximum Gasteiger partial charge on any atom is 0.337 e. The van der Waals surface area contributed by atoms with Gasteiger partial charge in [0.2, 0.25) is 0 Å². The highest BCUT2D eigenvalue weighted by Crippen LogP contribution is 2.37. The summed E-state index contributed by atoms with van der Waals surface area (Å²) in [5, 5.41) is 0.396. The van der Waals surface area contributed by atoms with Crippen LogP contribution in [0.15, 0.2) is 12.1 Å². The second-order valence-corrected chi connectivity index (χ2v) is 4.02. The van der Waals surface area contributed by atoms with Gasteiger partial charge in [0.05, 0.1) is 24.3 Å². The van der Waals surface area contributed by atoms with Gasteiger partial charge in [0.25, 0.3) is 0 Å². The van der Waals surface area contributed by atoms with Crippen molar-refractivity contribution in [2.45, 2.75) is 12.5 Å². The number of ether oxygens (including phenoxy) is 2. The van der Waals surface area contributed by atoms with E-state index >= 15 is 0 Å². The van der Waals surface area contributed by atoms with E-state index in [1.54, 1.807) is 6.07 Å². The van der Waals surface area contributed by atoms with Gasteiger partial charge in [0.15, 0.2) is 0 Å². The van der Waals surface area contributed by atoms with Crippen molar-refractivity contribution >= 4 is 17.6 Å². The topological polar surface area (TPSA) is 61.5 Å². The molecule has 1 aromatic rings. The Morgan fingerprint density at radius 1 is 1.62 bits per heavy atom. The summed E-state index contributed by atoms with van der Waals surface area (Å²) in [5.41, 5.74) is 7.09. The molecule has 0 aliphatic carbocycles. The summed E-state index contributed by atoms with van der Waals surface area (Å²) in [4.78, 5) is 11.4. The van der Waals surface area contributed by atoms with Crippen molar-refractivity contribution in [3.05, 3.63) is 28.3 Å². The van der Waals surface area contributed by atoms with Crippen molar-refractivity contribution in [1.29, 1.82) is 0 Å². The first-order valence-electron chi connectivity index (χ1n) is 4.93. The van der Waals surface area contributed by atoms with Crippen LogP contribution in [0.3, 0.4) is 0 Å². The normalized spacial score (nSPS) is 18.6. The molecule has 2 N–H and O–H groups in total. The van der Waals surface area contributed by atoms with Gasteiger partial charge < -0.3 is 15.2 Å². The highest BCUT2D eigenvalue weighted by Gasteiger charge is 2.23. The molecule has 0 radical (unpaired) electrons. The maximum atomic E-state index is 11.4. The van der Waals surface area contributed by atoms with Crippen molar-refractivity contribution in [2.24, 2.45) is 5.73 Å². The first-order chi connectivity index (χ1) is 7.63. The fourth-order valence-corrected chi connectivity index (χ4v) is 2.00. The standard InChI is InChI=1S/C11H12ClNO3/c1-15-11(14)6-4-7-9(13)2-3-16-10(7)8(12)5-6/h4-5,9H,2-3,13H2,1H3/t9-/m1/s1. The zero-order chi connectivity index (χ0) is 11.7. The lowest BCUT2D eigenvalue weighted by atomic mass is 9.99. The minimum Gasteiger partial charge on any atom is -0.492 e. The van der Waals surface area contributed by atoms with Gasteiger partial charge in [-0.25, -0.2) is 4.79 Å². The summed E-state index contributed by atoms with van der Waals surface area (Å²) in [5.74, 6) is 0.149. The third kappa shape index (κ3) is 1.86. The van der Waals surface area contributed by atoms with E-state index in [4.69, 9.17) is 22.1 Å². The molecular formula is C11H12ClNO3. The van der Waals surface area contributed by atoms with E-state index in [1.807, 2.05) is 0 Å². The Hall–Kier alpha value is -1.26.